The molecule has 0 unspecified atom stereocenters. The van der Waals surface area contributed by atoms with Gasteiger partial charge in [0.15, 0.2) is 0 Å². The number of ether oxygens (including phenoxy) is 1. The van der Waals surface area contributed by atoms with Crippen molar-refractivity contribution < 1.29 is 4.74 Å². The van der Waals surface area contributed by atoms with E-state index in [1.807, 2.05) is 20.1 Å². The van der Waals surface area contributed by atoms with Gasteiger partial charge in [0, 0.05) is 0 Å². The smallest absolute Gasteiger partial charge is 0.0922 e. The number of rotatable bonds is 4. The lowest BCUT2D eigenvalue weighted by atomic mass is 10.2. The van der Waals surface area contributed by atoms with Gasteiger partial charge in [-0.2, -0.15) is 0 Å². The zero-order valence-corrected chi connectivity index (χ0v) is 7.48. The number of hydrogen-bond donors (Lipinski definition) is 0. The quantitative estimate of drug-likeness (QED) is 0.548. The van der Waals surface area contributed by atoms with E-state index in [0.717, 1.165) is 12.8 Å². The molecule has 0 fully saturated rings. The van der Waals surface area contributed by atoms with Crippen molar-refractivity contribution in [1.82, 2.24) is 0 Å². The Morgan fingerprint density at radius 2 is 1.80 bits per heavy atom. The molecule has 0 spiro atoms. The molecular formula is C9H18O. The van der Waals surface area contributed by atoms with Crippen LogP contribution >= 0.6 is 0 Å². The fraction of sp³-hybridized carbons (Fsp3) is 0.778. The predicted molar refractivity (Wildman–Crippen MR) is 44.9 cm³/mol. The van der Waals surface area contributed by atoms with E-state index in [0.29, 0.717) is 6.10 Å². The van der Waals surface area contributed by atoms with E-state index in [-0.39, 0.29) is 0 Å². The van der Waals surface area contributed by atoms with Gasteiger partial charge in [-0.3, -0.25) is 0 Å². The van der Waals surface area contributed by atoms with Crippen LogP contribution in [-0.2, 0) is 4.74 Å². The van der Waals surface area contributed by atoms with Crippen LogP contribution in [0.4, 0.5) is 0 Å². The van der Waals surface area contributed by atoms with Crippen LogP contribution in [0.2, 0.25) is 0 Å². The second-order valence-corrected chi connectivity index (χ2v) is 2.67. The van der Waals surface area contributed by atoms with Gasteiger partial charge < -0.3 is 4.74 Å². The molecule has 0 aliphatic rings. The maximum Gasteiger partial charge on any atom is 0.0922 e. The van der Waals surface area contributed by atoms with Crippen LogP contribution in [-0.4, -0.2) is 6.10 Å². The molecule has 0 N–H and O–H groups in total. The molecule has 1 heteroatoms. The van der Waals surface area contributed by atoms with E-state index in [4.69, 9.17) is 4.74 Å². The highest BCUT2D eigenvalue weighted by molar-refractivity contribution is 4.95. The molecular weight excluding hydrogens is 124 g/mol. The van der Waals surface area contributed by atoms with Gasteiger partial charge in [0.05, 0.1) is 12.4 Å². The Kier molecular flexibility index (Phi) is 5.09. The molecule has 0 aromatic heterocycles. The molecule has 0 amide bonds. The van der Waals surface area contributed by atoms with Gasteiger partial charge in [0.2, 0.25) is 0 Å². The van der Waals surface area contributed by atoms with Gasteiger partial charge in [-0.05, 0) is 32.3 Å². The highest BCUT2D eigenvalue weighted by Gasteiger charge is 1.91. The van der Waals surface area contributed by atoms with Crippen LogP contribution in [0.25, 0.3) is 0 Å². The minimum absolute atomic E-state index is 0.313. The first-order chi connectivity index (χ1) is 4.70. The lowest BCUT2D eigenvalue weighted by Gasteiger charge is -2.06. The lowest BCUT2D eigenvalue weighted by molar-refractivity contribution is 0.176. The third kappa shape index (κ3) is 4.42. The van der Waals surface area contributed by atoms with Crippen molar-refractivity contribution in [3.05, 3.63) is 11.8 Å². The van der Waals surface area contributed by atoms with E-state index < -0.39 is 0 Å². The minimum Gasteiger partial charge on any atom is -0.499 e. The Balaban J connectivity index is 3.63. The summed E-state index contributed by atoms with van der Waals surface area (Å²) in [6.07, 6.45) is 4.41. The van der Waals surface area contributed by atoms with Crippen LogP contribution < -0.4 is 0 Å². The van der Waals surface area contributed by atoms with Gasteiger partial charge >= 0.3 is 0 Å². The van der Waals surface area contributed by atoms with Crippen molar-refractivity contribution in [1.29, 1.82) is 0 Å². The second-order valence-electron chi connectivity index (χ2n) is 2.67. The van der Waals surface area contributed by atoms with E-state index in [1.54, 1.807) is 0 Å². The monoisotopic (exact) mass is 142 g/mol. The summed E-state index contributed by atoms with van der Waals surface area (Å²) in [5.41, 5.74) is 1.38. The van der Waals surface area contributed by atoms with Gasteiger partial charge in [0.25, 0.3) is 0 Å². The summed E-state index contributed by atoms with van der Waals surface area (Å²) in [6, 6.07) is 0. The standard InChI is InChI=1S/C9H18O/c1-5-9(6-2)7-10-8(3)4/h7-8H,5-6H2,1-4H3. The zero-order chi connectivity index (χ0) is 7.98. The Hall–Kier alpha value is -0.460. The summed E-state index contributed by atoms with van der Waals surface area (Å²) in [5, 5.41) is 0. The first kappa shape index (κ1) is 9.54. The van der Waals surface area contributed by atoms with Crippen LogP contribution in [0.3, 0.4) is 0 Å². The molecule has 0 aromatic rings. The topological polar surface area (TPSA) is 9.23 Å². The summed E-state index contributed by atoms with van der Waals surface area (Å²) in [7, 11) is 0. The third-order valence-corrected chi connectivity index (χ3v) is 1.42. The Morgan fingerprint density at radius 3 is 2.10 bits per heavy atom. The highest BCUT2D eigenvalue weighted by Crippen LogP contribution is 2.06. The van der Waals surface area contributed by atoms with Crippen LogP contribution in [0.15, 0.2) is 11.8 Å². The molecule has 0 saturated heterocycles. The second kappa shape index (κ2) is 5.33. The Morgan fingerprint density at radius 1 is 1.30 bits per heavy atom. The third-order valence-electron chi connectivity index (χ3n) is 1.42. The SMILES string of the molecule is CCC(=COC(C)C)CC. The lowest BCUT2D eigenvalue weighted by Crippen LogP contribution is -1.96. The van der Waals surface area contributed by atoms with Crippen molar-refractivity contribution in [3.63, 3.8) is 0 Å². The maximum absolute atomic E-state index is 5.32. The fourth-order valence-corrected chi connectivity index (χ4v) is 0.649. The van der Waals surface area contributed by atoms with Gasteiger partial charge in [-0.15, -0.1) is 0 Å². The molecule has 10 heavy (non-hydrogen) atoms. The molecule has 1 nitrogen and oxygen atoms in total. The molecule has 0 aliphatic carbocycles. The Labute approximate surface area is 64.1 Å². The minimum atomic E-state index is 0.313. The maximum atomic E-state index is 5.32. The van der Waals surface area contributed by atoms with Crippen molar-refractivity contribution in [2.75, 3.05) is 0 Å². The van der Waals surface area contributed by atoms with Crippen LogP contribution in [0.5, 0.6) is 0 Å². The Bertz CT molecular complexity index is 97.3. The van der Waals surface area contributed by atoms with Crippen LogP contribution in [0.1, 0.15) is 40.5 Å². The molecule has 60 valence electrons. The average molecular weight is 142 g/mol. The van der Waals surface area contributed by atoms with E-state index in [2.05, 4.69) is 13.8 Å². The average Bonchev–Trinajstić information content (AvgIpc) is 1.90. The van der Waals surface area contributed by atoms with Gasteiger partial charge in [-0.1, -0.05) is 13.8 Å². The largest absolute Gasteiger partial charge is 0.499 e. The summed E-state index contributed by atoms with van der Waals surface area (Å²) < 4.78 is 5.32. The van der Waals surface area contributed by atoms with Gasteiger partial charge in [-0.25, -0.2) is 0 Å². The molecule has 0 atom stereocenters. The van der Waals surface area contributed by atoms with E-state index in [1.165, 1.54) is 5.57 Å². The van der Waals surface area contributed by atoms with Crippen LogP contribution in [0, 0.1) is 0 Å². The van der Waals surface area contributed by atoms with E-state index >= 15 is 0 Å². The first-order valence-electron chi connectivity index (χ1n) is 4.04. The summed E-state index contributed by atoms with van der Waals surface area (Å²) >= 11 is 0. The molecule has 0 rings (SSSR count). The summed E-state index contributed by atoms with van der Waals surface area (Å²) in [6.45, 7) is 8.39. The summed E-state index contributed by atoms with van der Waals surface area (Å²) in [5.74, 6) is 0. The number of allylic oxidation sites excluding steroid dienone is 1. The fourth-order valence-electron chi connectivity index (χ4n) is 0.649. The summed E-state index contributed by atoms with van der Waals surface area (Å²) in [4.78, 5) is 0. The van der Waals surface area contributed by atoms with Crippen molar-refractivity contribution in [3.8, 4) is 0 Å². The number of hydrogen-bond acceptors (Lipinski definition) is 1. The first-order valence-corrected chi connectivity index (χ1v) is 4.04. The van der Waals surface area contributed by atoms with Crippen molar-refractivity contribution in [2.24, 2.45) is 0 Å². The molecule has 0 radical (unpaired) electrons. The predicted octanol–water partition coefficient (Wildman–Crippen LogP) is 3.12. The zero-order valence-electron chi connectivity index (χ0n) is 7.48. The van der Waals surface area contributed by atoms with Crippen molar-refractivity contribution in [2.45, 2.75) is 46.6 Å². The molecule has 0 saturated carbocycles. The molecule has 0 aliphatic heterocycles. The van der Waals surface area contributed by atoms with Crippen molar-refractivity contribution >= 4 is 0 Å². The highest BCUT2D eigenvalue weighted by atomic mass is 16.5. The molecule has 0 bridgehead atoms. The van der Waals surface area contributed by atoms with Gasteiger partial charge in [0.1, 0.15) is 0 Å². The molecule has 0 heterocycles. The normalized spacial score (nSPS) is 9.70. The molecule has 0 aromatic carbocycles. The van der Waals surface area contributed by atoms with E-state index in [9.17, 15) is 0 Å².